The molecule has 0 saturated heterocycles. The average Bonchev–Trinajstić information content (AvgIpc) is 2.96. The second-order valence-electron chi connectivity index (χ2n) is 4.63. The lowest BCUT2D eigenvalue weighted by Crippen LogP contribution is -2.19. The molecule has 0 saturated carbocycles. The van der Waals surface area contributed by atoms with Gasteiger partial charge in [0.2, 0.25) is 0 Å². The van der Waals surface area contributed by atoms with Gasteiger partial charge in [-0.2, -0.15) is 0 Å². The van der Waals surface area contributed by atoms with Crippen LogP contribution < -0.4 is 10.1 Å². The van der Waals surface area contributed by atoms with Crippen molar-refractivity contribution >= 4 is 0 Å². The average molecular weight is 278 g/mol. The maximum Gasteiger partial charge on any atom is 0.174 e. The molecule has 4 nitrogen and oxygen atoms in total. The molecule has 0 spiro atoms. The maximum absolute atomic E-state index is 14.0. The van der Waals surface area contributed by atoms with Crippen LogP contribution in [0.1, 0.15) is 37.6 Å². The zero-order chi connectivity index (χ0) is 14.4. The highest BCUT2D eigenvalue weighted by molar-refractivity contribution is 5.31. The number of nitrogens with zero attached hydrogens (tertiary/aromatic N) is 1. The standard InChI is InChI=1S/C15H19FN2O2/c1-3-7-17-11(2)12-4-5-15(14(16)9-12)19-10-13-6-8-18-20-13/h4-6,8-9,11,17H,3,7,10H2,1-2H3. The summed E-state index contributed by atoms with van der Waals surface area (Å²) in [6, 6.07) is 6.82. The fourth-order valence-electron chi connectivity index (χ4n) is 1.85. The van der Waals surface area contributed by atoms with E-state index in [1.165, 1.54) is 12.3 Å². The van der Waals surface area contributed by atoms with Crippen molar-refractivity contribution < 1.29 is 13.7 Å². The van der Waals surface area contributed by atoms with E-state index in [0.29, 0.717) is 5.76 Å². The second kappa shape index (κ2) is 7.05. The highest BCUT2D eigenvalue weighted by Crippen LogP contribution is 2.23. The van der Waals surface area contributed by atoms with Crippen molar-refractivity contribution in [1.82, 2.24) is 10.5 Å². The number of nitrogens with one attached hydrogen (secondary N) is 1. The van der Waals surface area contributed by atoms with Gasteiger partial charge in [-0.25, -0.2) is 4.39 Å². The van der Waals surface area contributed by atoms with Crippen LogP contribution in [-0.4, -0.2) is 11.7 Å². The third-order valence-corrected chi connectivity index (χ3v) is 3.02. The normalized spacial score (nSPS) is 12.3. The molecule has 0 bridgehead atoms. The van der Waals surface area contributed by atoms with Gasteiger partial charge >= 0.3 is 0 Å². The molecule has 0 radical (unpaired) electrons. The molecule has 108 valence electrons. The predicted octanol–water partition coefficient (Wildman–Crippen LogP) is 3.45. The van der Waals surface area contributed by atoms with Crippen molar-refractivity contribution in [1.29, 1.82) is 0 Å². The first-order chi connectivity index (χ1) is 9.70. The van der Waals surface area contributed by atoms with Gasteiger partial charge in [-0.3, -0.25) is 0 Å². The van der Waals surface area contributed by atoms with Crippen LogP contribution in [0.3, 0.4) is 0 Å². The Labute approximate surface area is 117 Å². The molecular formula is C15H19FN2O2. The van der Waals surface area contributed by atoms with Crippen LogP contribution in [0.4, 0.5) is 4.39 Å². The Balaban J connectivity index is 1.98. The first-order valence-electron chi connectivity index (χ1n) is 6.76. The third-order valence-electron chi connectivity index (χ3n) is 3.02. The summed E-state index contributed by atoms with van der Waals surface area (Å²) in [5, 5.41) is 6.88. The molecule has 1 heterocycles. The number of halogens is 1. The summed E-state index contributed by atoms with van der Waals surface area (Å²) in [7, 11) is 0. The van der Waals surface area contributed by atoms with Crippen molar-refractivity contribution in [2.75, 3.05) is 6.54 Å². The fourth-order valence-corrected chi connectivity index (χ4v) is 1.85. The van der Waals surface area contributed by atoms with Gasteiger partial charge in [0, 0.05) is 12.1 Å². The molecule has 1 N–H and O–H groups in total. The predicted molar refractivity (Wildman–Crippen MR) is 73.9 cm³/mol. The van der Waals surface area contributed by atoms with E-state index in [9.17, 15) is 4.39 Å². The van der Waals surface area contributed by atoms with Crippen LogP contribution in [-0.2, 0) is 6.61 Å². The molecule has 1 aromatic carbocycles. The number of benzene rings is 1. The lowest BCUT2D eigenvalue weighted by atomic mass is 10.1. The minimum Gasteiger partial charge on any atom is -0.482 e. The van der Waals surface area contributed by atoms with Crippen LogP contribution in [0.15, 0.2) is 35.0 Å². The van der Waals surface area contributed by atoms with E-state index >= 15 is 0 Å². The highest BCUT2D eigenvalue weighted by atomic mass is 19.1. The van der Waals surface area contributed by atoms with Crippen molar-refractivity contribution in [3.63, 3.8) is 0 Å². The van der Waals surface area contributed by atoms with Crippen LogP contribution in [0.5, 0.6) is 5.75 Å². The highest BCUT2D eigenvalue weighted by Gasteiger charge is 2.10. The quantitative estimate of drug-likeness (QED) is 0.842. The number of hydrogen-bond donors (Lipinski definition) is 1. The van der Waals surface area contributed by atoms with Crippen LogP contribution in [0.25, 0.3) is 0 Å². The second-order valence-corrected chi connectivity index (χ2v) is 4.63. The molecular weight excluding hydrogens is 259 g/mol. The summed E-state index contributed by atoms with van der Waals surface area (Å²) in [6.07, 6.45) is 2.57. The van der Waals surface area contributed by atoms with Crippen molar-refractivity contribution in [3.05, 3.63) is 47.6 Å². The minimum absolute atomic E-state index is 0.118. The van der Waals surface area contributed by atoms with Crippen LogP contribution in [0.2, 0.25) is 0 Å². The fraction of sp³-hybridized carbons (Fsp3) is 0.400. The van der Waals surface area contributed by atoms with Crippen LogP contribution >= 0.6 is 0 Å². The smallest absolute Gasteiger partial charge is 0.174 e. The molecule has 1 aromatic heterocycles. The van der Waals surface area contributed by atoms with Crippen molar-refractivity contribution in [2.45, 2.75) is 32.9 Å². The summed E-state index contributed by atoms with van der Waals surface area (Å²) >= 11 is 0. The van der Waals surface area contributed by atoms with Gasteiger partial charge in [0.05, 0.1) is 6.20 Å². The Morgan fingerprint density at radius 2 is 2.25 bits per heavy atom. The van der Waals surface area contributed by atoms with Crippen molar-refractivity contribution in [3.8, 4) is 5.75 Å². The van der Waals surface area contributed by atoms with Crippen molar-refractivity contribution in [2.24, 2.45) is 0 Å². The summed E-state index contributed by atoms with van der Waals surface area (Å²) in [5.74, 6) is 0.409. The van der Waals surface area contributed by atoms with E-state index in [4.69, 9.17) is 9.26 Å². The Kier molecular flexibility index (Phi) is 5.12. The van der Waals surface area contributed by atoms with Gasteiger partial charge in [0.25, 0.3) is 0 Å². The number of hydrogen-bond acceptors (Lipinski definition) is 4. The van der Waals surface area contributed by atoms with E-state index in [-0.39, 0.29) is 24.2 Å². The lowest BCUT2D eigenvalue weighted by Gasteiger charge is -2.14. The molecule has 0 fully saturated rings. The van der Waals surface area contributed by atoms with Gasteiger partial charge < -0.3 is 14.6 Å². The van der Waals surface area contributed by atoms with Gasteiger partial charge in [-0.1, -0.05) is 18.1 Å². The van der Waals surface area contributed by atoms with E-state index < -0.39 is 0 Å². The molecule has 0 aliphatic carbocycles. The largest absolute Gasteiger partial charge is 0.482 e. The van der Waals surface area contributed by atoms with E-state index in [1.54, 1.807) is 12.1 Å². The molecule has 5 heteroatoms. The summed E-state index contributed by atoms with van der Waals surface area (Å²) in [5.41, 5.74) is 0.906. The lowest BCUT2D eigenvalue weighted by molar-refractivity contribution is 0.240. The zero-order valence-electron chi connectivity index (χ0n) is 11.7. The first-order valence-corrected chi connectivity index (χ1v) is 6.76. The molecule has 0 aliphatic heterocycles. The van der Waals surface area contributed by atoms with Gasteiger partial charge in [-0.15, -0.1) is 0 Å². The number of ether oxygens (including phenoxy) is 1. The third kappa shape index (κ3) is 3.81. The zero-order valence-corrected chi connectivity index (χ0v) is 11.7. The van der Waals surface area contributed by atoms with Gasteiger partial charge in [-0.05, 0) is 37.6 Å². The molecule has 0 amide bonds. The maximum atomic E-state index is 14.0. The Morgan fingerprint density at radius 3 is 2.90 bits per heavy atom. The van der Waals surface area contributed by atoms with E-state index in [0.717, 1.165) is 18.5 Å². The summed E-state index contributed by atoms with van der Waals surface area (Å²) in [6.45, 7) is 5.19. The molecule has 2 rings (SSSR count). The molecule has 2 aromatic rings. The Morgan fingerprint density at radius 1 is 1.40 bits per heavy atom. The molecule has 20 heavy (non-hydrogen) atoms. The topological polar surface area (TPSA) is 47.3 Å². The van der Waals surface area contributed by atoms with Crippen LogP contribution in [0, 0.1) is 5.82 Å². The molecule has 1 atom stereocenters. The molecule has 0 aliphatic rings. The Hall–Kier alpha value is -1.88. The summed E-state index contributed by atoms with van der Waals surface area (Å²) in [4.78, 5) is 0. The number of aromatic nitrogens is 1. The molecule has 1 unspecified atom stereocenters. The van der Waals surface area contributed by atoms with Gasteiger partial charge in [0.1, 0.15) is 6.61 Å². The SMILES string of the molecule is CCCNC(C)c1ccc(OCc2ccno2)c(F)c1. The van der Waals surface area contributed by atoms with E-state index in [2.05, 4.69) is 17.4 Å². The summed E-state index contributed by atoms with van der Waals surface area (Å²) < 4.78 is 24.2. The monoisotopic (exact) mass is 278 g/mol. The minimum atomic E-state index is -0.368. The number of rotatable bonds is 7. The van der Waals surface area contributed by atoms with Gasteiger partial charge in [0.15, 0.2) is 17.3 Å². The van der Waals surface area contributed by atoms with E-state index in [1.807, 2.05) is 13.0 Å². The Bertz CT molecular complexity index is 529. The first kappa shape index (κ1) is 14.5.